The summed E-state index contributed by atoms with van der Waals surface area (Å²) in [5, 5.41) is 9.29. The van der Waals surface area contributed by atoms with Crippen molar-refractivity contribution in [2.24, 2.45) is 11.8 Å². The van der Waals surface area contributed by atoms with E-state index in [0.717, 1.165) is 6.42 Å². The number of thioether (sulfide) groups is 1. The smallest absolute Gasteiger partial charge is 0.247 e. The molecular formula is C23H33N3O4S. The molecule has 0 bridgehead atoms. The molecular weight excluding hydrogens is 414 g/mol. The molecule has 0 saturated carbocycles. The summed E-state index contributed by atoms with van der Waals surface area (Å²) in [5.41, 5.74) is 0. The van der Waals surface area contributed by atoms with E-state index in [9.17, 15) is 19.5 Å². The zero-order valence-electron chi connectivity index (χ0n) is 18.6. The van der Waals surface area contributed by atoms with Crippen LogP contribution in [0.15, 0.2) is 24.3 Å². The molecule has 1 spiro atoms. The molecule has 170 valence electrons. The molecule has 0 aromatic heterocycles. The van der Waals surface area contributed by atoms with Gasteiger partial charge in [-0.25, -0.2) is 0 Å². The highest BCUT2D eigenvalue weighted by molar-refractivity contribution is 8.02. The third kappa shape index (κ3) is 3.42. The van der Waals surface area contributed by atoms with Gasteiger partial charge in [0, 0.05) is 44.1 Å². The molecule has 4 heterocycles. The lowest BCUT2D eigenvalue weighted by molar-refractivity contribution is -0.144. The van der Waals surface area contributed by atoms with E-state index < -0.39 is 22.6 Å². The third-order valence-corrected chi connectivity index (χ3v) is 8.69. The summed E-state index contributed by atoms with van der Waals surface area (Å²) in [5.74, 6) is -1.18. The average molecular weight is 448 g/mol. The number of rotatable bonds is 6. The standard InChI is InChI=1S/C23H33N3O4S/c1-4-10-24-11-5-8-16-17(20(24)28)18-21(29)26(13-7-14-27)19-22(30)25(15(2)3)12-6-9-23(18,19)31-16/h5-6,8-9,15-19,27H,4,7,10-14H2,1-3H3/t16-,17+,18-,19?,23-/m0/s1. The van der Waals surface area contributed by atoms with E-state index in [1.807, 2.05) is 48.8 Å². The predicted molar refractivity (Wildman–Crippen MR) is 120 cm³/mol. The fraction of sp³-hybridized carbons (Fsp3) is 0.696. The van der Waals surface area contributed by atoms with E-state index in [1.165, 1.54) is 0 Å². The van der Waals surface area contributed by atoms with E-state index in [0.29, 0.717) is 32.6 Å². The SMILES string of the molecule is CCCN1CC=C[C@@H]2S[C@]34C=CCN(C(C)C)C(=O)C3N(CCCO)C(=O)[C@@H]4[C@@H]2C1=O. The Labute approximate surface area is 188 Å². The van der Waals surface area contributed by atoms with Gasteiger partial charge in [0.2, 0.25) is 17.7 Å². The van der Waals surface area contributed by atoms with Gasteiger partial charge in [-0.2, -0.15) is 0 Å². The molecule has 0 radical (unpaired) electrons. The Morgan fingerprint density at radius 3 is 2.58 bits per heavy atom. The summed E-state index contributed by atoms with van der Waals surface area (Å²) >= 11 is 1.61. The quantitative estimate of drug-likeness (QED) is 0.621. The monoisotopic (exact) mass is 447 g/mol. The number of hydrogen-bond donors (Lipinski definition) is 1. The molecule has 8 heteroatoms. The molecule has 0 aromatic rings. The van der Waals surface area contributed by atoms with Crippen LogP contribution in [0.5, 0.6) is 0 Å². The second-order valence-corrected chi connectivity index (χ2v) is 10.6. The Bertz CT molecular complexity index is 813. The number of likely N-dealkylation sites (tertiary alicyclic amines) is 1. The maximum absolute atomic E-state index is 13.8. The summed E-state index contributed by atoms with van der Waals surface area (Å²) in [7, 11) is 0. The van der Waals surface area contributed by atoms with Gasteiger partial charge in [0.05, 0.1) is 16.6 Å². The fourth-order valence-corrected chi connectivity index (χ4v) is 7.63. The van der Waals surface area contributed by atoms with Crippen LogP contribution in [0, 0.1) is 11.8 Å². The summed E-state index contributed by atoms with van der Waals surface area (Å²) in [4.78, 5) is 46.4. The van der Waals surface area contributed by atoms with Crippen molar-refractivity contribution in [3.8, 4) is 0 Å². The molecule has 1 unspecified atom stereocenters. The molecule has 2 saturated heterocycles. The van der Waals surface area contributed by atoms with Gasteiger partial charge in [-0.3, -0.25) is 14.4 Å². The van der Waals surface area contributed by atoms with Crippen LogP contribution in [-0.2, 0) is 14.4 Å². The first-order valence-electron chi connectivity index (χ1n) is 11.4. The Balaban J connectivity index is 1.80. The van der Waals surface area contributed by atoms with Crippen molar-refractivity contribution in [1.82, 2.24) is 14.7 Å². The topological polar surface area (TPSA) is 81.2 Å². The molecule has 2 fully saturated rings. The Morgan fingerprint density at radius 2 is 1.90 bits per heavy atom. The zero-order valence-corrected chi connectivity index (χ0v) is 19.4. The van der Waals surface area contributed by atoms with Gasteiger partial charge in [-0.1, -0.05) is 31.2 Å². The first-order chi connectivity index (χ1) is 14.9. The minimum Gasteiger partial charge on any atom is -0.396 e. The molecule has 4 rings (SSSR count). The van der Waals surface area contributed by atoms with E-state index in [4.69, 9.17) is 0 Å². The Morgan fingerprint density at radius 1 is 1.13 bits per heavy atom. The molecule has 3 amide bonds. The maximum Gasteiger partial charge on any atom is 0.247 e. The summed E-state index contributed by atoms with van der Waals surface area (Å²) in [6.07, 6.45) is 9.43. The van der Waals surface area contributed by atoms with Crippen LogP contribution in [-0.4, -0.2) is 92.4 Å². The lowest BCUT2D eigenvalue weighted by Crippen LogP contribution is -2.54. The summed E-state index contributed by atoms with van der Waals surface area (Å²) in [6, 6.07) is -0.630. The van der Waals surface area contributed by atoms with Crippen molar-refractivity contribution in [3.05, 3.63) is 24.3 Å². The molecule has 0 aliphatic carbocycles. The molecule has 31 heavy (non-hydrogen) atoms. The van der Waals surface area contributed by atoms with Gasteiger partial charge >= 0.3 is 0 Å². The van der Waals surface area contributed by atoms with Crippen LogP contribution < -0.4 is 0 Å². The second-order valence-electron chi connectivity index (χ2n) is 9.15. The van der Waals surface area contributed by atoms with Crippen molar-refractivity contribution >= 4 is 29.5 Å². The van der Waals surface area contributed by atoms with E-state index >= 15 is 0 Å². The van der Waals surface area contributed by atoms with Crippen molar-refractivity contribution in [2.45, 2.75) is 55.7 Å². The first kappa shape index (κ1) is 22.4. The van der Waals surface area contributed by atoms with Crippen LogP contribution in [0.1, 0.15) is 33.6 Å². The van der Waals surface area contributed by atoms with Crippen molar-refractivity contribution < 1.29 is 19.5 Å². The lowest BCUT2D eigenvalue weighted by Gasteiger charge is -2.36. The summed E-state index contributed by atoms with van der Waals surface area (Å²) in [6.45, 7) is 8.03. The second kappa shape index (κ2) is 8.62. The van der Waals surface area contributed by atoms with E-state index in [-0.39, 0.29) is 35.6 Å². The molecule has 4 aliphatic rings. The number of aliphatic hydroxyl groups is 1. The number of aliphatic hydroxyl groups excluding tert-OH is 1. The summed E-state index contributed by atoms with van der Waals surface area (Å²) < 4.78 is -0.752. The van der Waals surface area contributed by atoms with Gasteiger partial charge < -0.3 is 19.8 Å². The number of carbonyl (C=O) groups excluding carboxylic acids is 3. The van der Waals surface area contributed by atoms with Crippen LogP contribution in [0.4, 0.5) is 0 Å². The van der Waals surface area contributed by atoms with Crippen LogP contribution in [0.3, 0.4) is 0 Å². The van der Waals surface area contributed by atoms with Crippen molar-refractivity contribution in [1.29, 1.82) is 0 Å². The molecule has 0 aromatic carbocycles. The largest absolute Gasteiger partial charge is 0.396 e. The fourth-order valence-electron chi connectivity index (χ4n) is 5.62. The third-order valence-electron chi connectivity index (χ3n) is 6.95. The Hall–Kier alpha value is -1.80. The van der Waals surface area contributed by atoms with Crippen molar-refractivity contribution in [2.75, 3.05) is 32.8 Å². The predicted octanol–water partition coefficient (Wildman–Crippen LogP) is 1.28. The number of amides is 3. The number of fused-ring (bicyclic) bond motifs is 2. The highest BCUT2D eigenvalue weighted by Crippen LogP contribution is 2.61. The number of carbonyl (C=O) groups is 3. The van der Waals surface area contributed by atoms with E-state index in [2.05, 4.69) is 6.08 Å². The molecule has 7 nitrogen and oxygen atoms in total. The van der Waals surface area contributed by atoms with E-state index in [1.54, 1.807) is 16.7 Å². The Kier molecular flexibility index (Phi) is 6.23. The van der Waals surface area contributed by atoms with Gasteiger partial charge in [-0.05, 0) is 26.7 Å². The van der Waals surface area contributed by atoms with Crippen LogP contribution in [0.25, 0.3) is 0 Å². The molecule has 1 N–H and O–H groups in total. The molecule has 4 aliphatic heterocycles. The van der Waals surface area contributed by atoms with Crippen molar-refractivity contribution in [3.63, 3.8) is 0 Å². The zero-order chi connectivity index (χ0) is 22.3. The molecule has 5 atom stereocenters. The van der Waals surface area contributed by atoms with Gasteiger partial charge in [0.25, 0.3) is 0 Å². The normalized spacial score (nSPS) is 34.9. The maximum atomic E-state index is 13.8. The minimum atomic E-state index is -0.752. The van der Waals surface area contributed by atoms with Crippen LogP contribution in [0.2, 0.25) is 0 Å². The lowest BCUT2D eigenvalue weighted by atomic mass is 9.78. The minimum absolute atomic E-state index is 0.0135. The van der Waals surface area contributed by atoms with Gasteiger partial charge in [-0.15, -0.1) is 11.8 Å². The first-order valence-corrected chi connectivity index (χ1v) is 12.3. The van der Waals surface area contributed by atoms with Crippen LogP contribution >= 0.6 is 11.8 Å². The highest BCUT2D eigenvalue weighted by atomic mass is 32.2. The highest BCUT2D eigenvalue weighted by Gasteiger charge is 2.70. The van der Waals surface area contributed by atoms with Gasteiger partial charge in [0.15, 0.2) is 0 Å². The average Bonchev–Trinajstić information content (AvgIpc) is 3.04. The van der Waals surface area contributed by atoms with Gasteiger partial charge in [0.1, 0.15) is 6.04 Å². The number of nitrogens with zero attached hydrogens (tertiary/aromatic N) is 3. The number of hydrogen-bond acceptors (Lipinski definition) is 5.